The molecule has 1 heterocycles. The van der Waals surface area contributed by atoms with E-state index in [1.165, 1.54) is 0 Å². The van der Waals surface area contributed by atoms with Crippen LogP contribution in [0.5, 0.6) is 5.75 Å². The molecular formula is C22H17Cl2N3O2. The molecule has 1 amide bonds. The average Bonchev–Trinajstić information content (AvgIpc) is 3.05. The number of hydrogen-bond donors (Lipinski definition) is 1. The summed E-state index contributed by atoms with van der Waals surface area (Å²) in [7, 11) is 0. The predicted molar refractivity (Wildman–Crippen MR) is 116 cm³/mol. The van der Waals surface area contributed by atoms with Gasteiger partial charge in [0.15, 0.2) is 0 Å². The number of anilines is 1. The van der Waals surface area contributed by atoms with Gasteiger partial charge >= 0.3 is 0 Å². The van der Waals surface area contributed by atoms with Gasteiger partial charge in [0.1, 0.15) is 24.7 Å². The van der Waals surface area contributed by atoms with E-state index in [2.05, 4.69) is 10.3 Å². The third-order valence-corrected chi connectivity index (χ3v) is 4.87. The fraction of sp³-hybridized carbons (Fsp3) is 0.0909. The van der Waals surface area contributed by atoms with Crippen LogP contribution in [0.1, 0.15) is 5.82 Å². The number of benzene rings is 3. The molecule has 3 aromatic carbocycles. The van der Waals surface area contributed by atoms with Crippen molar-refractivity contribution in [3.63, 3.8) is 0 Å². The first kappa shape index (κ1) is 19.3. The summed E-state index contributed by atoms with van der Waals surface area (Å²) in [5.74, 6) is 0.981. The normalized spacial score (nSPS) is 10.8. The third-order valence-electron chi connectivity index (χ3n) is 4.34. The molecule has 0 spiro atoms. The van der Waals surface area contributed by atoms with Crippen LogP contribution in [0, 0.1) is 0 Å². The van der Waals surface area contributed by atoms with E-state index in [1.54, 1.807) is 18.2 Å². The smallest absolute Gasteiger partial charge is 0.244 e. The van der Waals surface area contributed by atoms with Crippen LogP contribution in [-0.4, -0.2) is 15.5 Å². The number of carbonyl (C=O) groups is 1. The van der Waals surface area contributed by atoms with Crippen molar-refractivity contribution in [1.29, 1.82) is 0 Å². The van der Waals surface area contributed by atoms with Gasteiger partial charge in [-0.05, 0) is 42.5 Å². The van der Waals surface area contributed by atoms with Crippen molar-refractivity contribution >= 4 is 45.8 Å². The highest BCUT2D eigenvalue weighted by atomic mass is 35.5. The van der Waals surface area contributed by atoms with E-state index < -0.39 is 0 Å². The van der Waals surface area contributed by atoms with Crippen molar-refractivity contribution < 1.29 is 9.53 Å². The molecule has 0 atom stereocenters. The van der Waals surface area contributed by atoms with Gasteiger partial charge in [-0.1, -0.05) is 53.5 Å². The lowest BCUT2D eigenvalue weighted by Gasteiger charge is -2.12. The number of para-hydroxylation sites is 3. The molecule has 0 aliphatic carbocycles. The number of carbonyl (C=O) groups excluding carboxylic acids is 1. The molecule has 0 saturated heterocycles. The topological polar surface area (TPSA) is 56.2 Å². The zero-order chi connectivity index (χ0) is 20.2. The molecule has 4 aromatic rings. The Bertz CT molecular complexity index is 1160. The highest BCUT2D eigenvalue weighted by molar-refractivity contribution is 6.35. The molecule has 0 aliphatic heterocycles. The fourth-order valence-corrected chi connectivity index (χ4v) is 3.48. The van der Waals surface area contributed by atoms with E-state index in [9.17, 15) is 4.79 Å². The summed E-state index contributed by atoms with van der Waals surface area (Å²) in [5.41, 5.74) is 2.39. The van der Waals surface area contributed by atoms with E-state index in [-0.39, 0.29) is 19.1 Å². The molecule has 0 unspecified atom stereocenters. The Kier molecular flexibility index (Phi) is 5.69. The first-order valence-corrected chi connectivity index (χ1v) is 9.72. The van der Waals surface area contributed by atoms with E-state index in [0.29, 0.717) is 21.6 Å². The minimum absolute atomic E-state index is 0.114. The molecule has 0 aliphatic rings. The van der Waals surface area contributed by atoms with Crippen LogP contribution in [0.4, 0.5) is 5.69 Å². The number of ether oxygens (including phenoxy) is 1. The molecule has 0 radical (unpaired) electrons. The van der Waals surface area contributed by atoms with Gasteiger partial charge < -0.3 is 14.6 Å². The van der Waals surface area contributed by atoms with E-state index in [1.807, 2.05) is 59.2 Å². The Balaban J connectivity index is 1.58. The van der Waals surface area contributed by atoms with Gasteiger partial charge in [0.2, 0.25) is 5.91 Å². The largest absolute Gasteiger partial charge is 0.484 e. The van der Waals surface area contributed by atoms with Crippen molar-refractivity contribution in [2.75, 3.05) is 5.32 Å². The van der Waals surface area contributed by atoms with E-state index in [0.717, 1.165) is 16.7 Å². The Hall–Kier alpha value is -3.02. The molecule has 1 aromatic heterocycles. The van der Waals surface area contributed by atoms with Gasteiger partial charge in [-0.3, -0.25) is 4.79 Å². The van der Waals surface area contributed by atoms with Crippen LogP contribution in [0.15, 0.2) is 72.8 Å². The summed E-state index contributed by atoms with van der Waals surface area (Å²) >= 11 is 12.1. The number of fused-ring (bicyclic) bond motifs is 1. The Labute approximate surface area is 177 Å². The third kappa shape index (κ3) is 4.53. The molecule has 1 N–H and O–H groups in total. The molecule has 0 saturated carbocycles. The fourth-order valence-electron chi connectivity index (χ4n) is 3.01. The standard InChI is InChI=1S/C22H17Cl2N3O2/c23-15-10-11-20(17(24)12-15)29-14-21-26-18-8-4-5-9-19(18)27(21)13-22(28)25-16-6-2-1-3-7-16/h1-12H,13-14H2,(H,25,28). The molecule has 146 valence electrons. The quantitative estimate of drug-likeness (QED) is 0.439. The lowest BCUT2D eigenvalue weighted by Crippen LogP contribution is -2.20. The van der Waals surface area contributed by atoms with Crippen molar-refractivity contribution in [1.82, 2.24) is 9.55 Å². The van der Waals surface area contributed by atoms with Crippen LogP contribution in [0.3, 0.4) is 0 Å². The number of halogens is 2. The maximum atomic E-state index is 12.6. The van der Waals surface area contributed by atoms with Gasteiger partial charge in [-0.25, -0.2) is 4.98 Å². The van der Waals surface area contributed by atoms with Crippen molar-refractivity contribution in [2.24, 2.45) is 0 Å². The predicted octanol–water partition coefficient (Wildman–Crippen LogP) is 5.56. The number of hydrogen-bond acceptors (Lipinski definition) is 3. The minimum Gasteiger partial charge on any atom is -0.484 e. The van der Waals surface area contributed by atoms with Crippen LogP contribution in [0.2, 0.25) is 10.0 Å². The summed E-state index contributed by atoms with van der Waals surface area (Å²) in [6, 6.07) is 22.0. The second-order valence-electron chi connectivity index (χ2n) is 6.38. The molecule has 4 rings (SSSR count). The number of nitrogens with zero attached hydrogens (tertiary/aromatic N) is 2. The lowest BCUT2D eigenvalue weighted by atomic mass is 10.3. The zero-order valence-electron chi connectivity index (χ0n) is 15.3. The van der Waals surface area contributed by atoms with Gasteiger partial charge in [0.05, 0.1) is 16.1 Å². The lowest BCUT2D eigenvalue weighted by molar-refractivity contribution is -0.116. The average molecular weight is 426 g/mol. The van der Waals surface area contributed by atoms with E-state index >= 15 is 0 Å². The van der Waals surface area contributed by atoms with E-state index in [4.69, 9.17) is 27.9 Å². The highest BCUT2D eigenvalue weighted by Gasteiger charge is 2.15. The maximum absolute atomic E-state index is 12.6. The number of imidazole rings is 1. The Morgan fingerprint density at radius 2 is 1.76 bits per heavy atom. The summed E-state index contributed by atoms with van der Waals surface area (Å²) in [4.78, 5) is 17.2. The molecule has 29 heavy (non-hydrogen) atoms. The second kappa shape index (κ2) is 8.55. The zero-order valence-corrected chi connectivity index (χ0v) is 16.8. The van der Waals surface area contributed by atoms with Crippen LogP contribution in [0.25, 0.3) is 11.0 Å². The number of rotatable bonds is 6. The summed E-state index contributed by atoms with van der Waals surface area (Å²) in [6.45, 7) is 0.275. The van der Waals surface area contributed by atoms with Gasteiger partial charge in [-0.2, -0.15) is 0 Å². The van der Waals surface area contributed by atoms with Crippen LogP contribution < -0.4 is 10.1 Å². The van der Waals surface area contributed by atoms with Gasteiger partial charge in [-0.15, -0.1) is 0 Å². The minimum atomic E-state index is -0.148. The molecule has 7 heteroatoms. The monoisotopic (exact) mass is 425 g/mol. The van der Waals surface area contributed by atoms with Gasteiger partial charge in [0.25, 0.3) is 0 Å². The van der Waals surface area contributed by atoms with Crippen LogP contribution in [-0.2, 0) is 17.9 Å². The maximum Gasteiger partial charge on any atom is 0.244 e. The second-order valence-corrected chi connectivity index (χ2v) is 7.22. The van der Waals surface area contributed by atoms with Gasteiger partial charge in [0, 0.05) is 10.7 Å². The Morgan fingerprint density at radius 1 is 1.00 bits per heavy atom. The highest BCUT2D eigenvalue weighted by Crippen LogP contribution is 2.28. The van der Waals surface area contributed by atoms with Crippen molar-refractivity contribution in [3.8, 4) is 5.75 Å². The summed E-state index contributed by atoms with van der Waals surface area (Å²) in [6.07, 6.45) is 0. The SMILES string of the molecule is O=C(Cn1c(COc2ccc(Cl)cc2Cl)nc2ccccc21)Nc1ccccc1. The van der Waals surface area contributed by atoms with Crippen molar-refractivity contribution in [3.05, 3.63) is 88.7 Å². The molecule has 0 fully saturated rings. The molecule has 5 nitrogen and oxygen atoms in total. The first-order valence-electron chi connectivity index (χ1n) is 8.97. The molecule has 0 bridgehead atoms. The summed E-state index contributed by atoms with van der Waals surface area (Å²) < 4.78 is 7.69. The Morgan fingerprint density at radius 3 is 2.55 bits per heavy atom. The van der Waals surface area contributed by atoms with Crippen molar-refractivity contribution in [2.45, 2.75) is 13.2 Å². The first-order chi connectivity index (χ1) is 14.1. The van der Waals surface area contributed by atoms with Crippen LogP contribution >= 0.6 is 23.2 Å². The number of nitrogens with one attached hydrogen (secondary N) is 1. The molecular weight excluding hydrogens is 409 g/mol. The number of amides is 1. The number of aromatic nitrogens is 2. The summed E-state index contributed by atoms with van der Waals surface area (Å²) in [5, 5.41) is 3.85.